The number of methoxy groups -OCH3 is 1. The molecule has 4 heteroatoms. The fourth-order valence-corrected chi connectivity index (χ4v) is 2.64. The molecule has 142 valence electrons. The van der Waals surface area contributed by atoms with Crippen molar-refractivity contribution in [2.75, 3.05) is 7.11 Å². The maximum Gasteiger partial charge on any atom is 0.305 e. The minimum Gasteiger partial charge on any atom is -0.469 e. The van der Waals surface area contributed by atoms with Crippen molar-refractivity contribution in [3.63, 3.8) is 0 Å². The van der Waals surface area contributed by atoms with Gasteiger partial charge in [-0.15, -0.1) is 0 Å². The first-order valence-electron chi connectivity index (χ1n) is 9.19. The third-order valence-electron chi connectivity index (χ3n) is 4.03. The van der Waals surface area contributed by atoms with Gasteiger partial charge in [-0.25, -0.2) is 0 Å². The van der Waals surface area contributed by atoms with Gasteiger partial charge >= 0.3 is 11.9 Å². The molecule has 1 atom stereocenters. The predicted octanol–water partition coefficient (Wildman–Crippen LogP) is 5.31. The van der Waals surface area contributed by atoms with E-state index in [-0.39, 0.29) is 11.9 Å². The van der Waals surface area contributed by atoms with Crippen LogP contribution in [0.2, 0.25) is 0 Å². The molecule has 0 radical (unpaired) electrons. The highest BCUT2D eigenvalue weighted by Gasteiger charge is 2.16. The molecule has 0 aliphatic carbocycles. The molecule has 4 nitrogen and oxygen atoms in total. The fraction of sp³-hybridized carbons (Fsp3) is 0.455. The number of benzene rings is 1. The molecule has 0 spiro atoms. The van der Waals surface area contributed by atoms with E-state index >= 15 is 0 Å². The summed E-state index contributed by atoms with van der Waals surface area (Å²) in [6, 6.07) is 9.63. The summed E-state index contributed by atoms with van der Waals surface area (Å²) >= 11 is 0. The summed E-state index contributed by atoms with van der Waals surface area (Å²) in [5.41, 5.74) is 1.69. The van der Waals surface area contributed by atoms with Gasteiger partial charge in [0.1, 0.15) is 0 Å². The van der Waals surface area contributed by atoms with Gasteiger partial charge in [0.15, 0.2) is 6.10 Å². The van der Waals surface area contributed by atoms with Crippen LogP contribution in [0.5, 0.6) is 0 Å². The Morgan fingerprint density at radius 3 is 2.38 bits per heavy atom. The monoisotopic (exact) mass is 358 g/mol. The third-order valence-corrected chi connectivity index (χ3v) is 4.03. The number of ether oxygens (including phenoxy) is 2. The minimum atomic E-state index is -0.441. The molecular formula is C22H30O4. The molecule has 0 heterocycles. The van der Waals surface area contributed by atoms with E-state index in [0.29, 0.717) is 6.42 Å². The van der Waals surface area contributed by atoms with Crippen LogP contribution < -0.4 is 0 Å². The third kappa shape index (κ3) is 9.21. The topological polar surface area (TPSA) is 52.6 Å². The van der Waals surface area contributed by atoms with Gasteiger partial charge in [0.05, 0.1) is 7.11 Å². The average Bonchev–Trinajstić information content (AvgIpc) is 2.64. The summed E-state index contributed by atoms with van der Waals surface area (Å²) in [6.45, 7) is 5.47. The van der Waals surface area contributed by atoms with Crippen molar-refractivity contribution in [3.05, 3.63) is 60.2 Å². The first-order chi connectivity index (χ1) is 12.5. The molecule has 1 unspecified atom stereocenters. The molecule has 1 aromatic carbocycles. The predicted molar refractivity (Wildman–Crippen MR) is 104 cm³/mol. The summed E-state index contributed by atoms with van der Waals surface area (Å²) in [6.07, 6.45) is 10.3. The Kier molecular flexibility index (Phi) is 10.8. The van der Waals surface area contributed by atoms with Crippen LogP contribution in [0.4, 0.5) is 0 Å². The van der Waals surface area contributed by atoms with Crippen molar-refractivity contribution in [2.45, 2.75) is 58.0 Å². The smallest absolute Gasteiger partial charge is 0.305 e. The second-order valence-electron chi connectivity index (χ2n) is 6.26. The standard InChI is InChI=1S/C22H30O4/c1-18(22(26-19(2)23)20-15-11-9-12-16-20)14-10-7-5-4-6-8-13-17-21(24)25-3/h9-12,14-16,22H,1,4-8,13,17H2,2-3H3/b14-10+. The Morgan fingerprint density at radius 2 is 1.73 bits per heavy atom. The Morgan fingerprint density at radius 1 is 1.08 bits per heavy atom. The number of hydrogen-bond acceptors (Lipinski definition) is 4. The van der Waals surface area contributed by atoms with Crippen LogP contribution in [0.25, 0.3) is 0 Å². The fourth-order valence-electron chi connectivity index (χ4n) is 2.64. The van der Waals surface area contributed by atoms with Gasteiger partial charge in [-0.05, 0) is 30.4 Å². The van der Waals surface area contributed by atoms with Gasteiger partial charge < -0.3 is 9.47 Å². The Balaban J connectivity index is 2.31. The number of esters is 2. The Bertz CT molecular complexity index is 589. The van der Waals surface area contributed by atoms with Crippen molar-refractivity contribution < 1.29 is 19.1 Å². The summed E-state index contributed by atoms with van der Waals surface area (Å²) in [4.78, 5) is 22.4. The first kappa shape index (κ1) is 21.7. The zero-order valence-corrected chi connectivity index (χ0v) is 15.9. The van der Waals surface area contributed by atoms with Gasteiger partial charge in [0, 0.05) is 13.3 Å². The van der Waals surface area contributed by atoms with E-state index in [0.717, 1.165) is 49.7 Å². The lowest BCUT2D eigenvalue weighted by molar-refractivity contribution is -0.145. The molecular weight excluding hydrogens is 328 g/mol. The van der Waals surface area contributed by atoms with Crippen molar-refractivity contribution in [1.29, 1.82) is 0 Å². The highest BCUT2D eigenvalue weighted by atomic mass is 16.5. The second-order valence-corrected chi connectivity index (χ2v) is 6.26. The quantitative estimate of drug-likeness (QED) is 0.289. The minimum absolute atomic E-state index is 0.132. The summed E-state index contributed by atoms with van der Waals surface area (Å²) in [5.74, 6) is -0.451. The highest BCUT2D eigenvalue weighted by Crippen LogP contribution is 2.26. The lowest BCUT2D eigenvalue weighted by atomic mass is 10.0. The van der Waals surface area contributed by atoms with Crippen LogP contribution in [0.3, 0.4) is 0 Å². The average molecular weight is 358 g/mol. The van der Waals surface area contributed by atoms with Crippen molar-refractivity contribution >= 4 is 11.9 Å². The largest absolute Gasteiger partial charge is 0.469 e. The Labute approximate surface area is 156 Å². The van der Waals surface area contributed by atoms with Crippen molar-refractivity contribution in [3.8, 4) is 0 Å². The van der Waals surface area contributed by atoms with Gasteiger partial charge in [-0.2, -0.15) is 0 Å². The molecule has 0 amide bonds. The van der Waals surface area contributed by atoms with Gasteiger partial charge in [0.25, 0.3) is 0 Å². The zero-order valence-electron chi connectivity index (χ0n) is 15.9. The SMILES string of the molecule is C=C(/C=C/CCCCCCCC(=O)OC)C(OC(C)=O)c1ccccc1. The number of unbranched alkanes of at least 4 members (excludes halogenated alkanes) is 5. The van der Waals surface area contributed by atoms with Crippen LogP contribution in [-0.2, 0) is 19.1 Å². The molecule has 0 N–H and O–H groups in total. The van der Waals surface area contributed by atoms with Crippen LogP contribution in [0.15, 0.2) is 54.6 Å². The normalized spacial score (nSPS) is 11.9. The molecule has 0 aromatic heterocycles. The molecule has 0 bridgehead atoms. The summed E-state index contributed by atoms with van der Waals surface area (Å²) in [5, 5.41) is 0. The van der Waals surface area contributed by atoms with Crippen molar-refractivity contribution in [1.82, 2.24) is 0 Å². The van der Waals surface area contributed by atoms with E-state index in [1.165, 1.54) is 14.0 Å². The number of rotatable bonds is 12. The van der Waals surface area contributed by atoms with E-state index in [1.807, 2.05) is 36.4 Å². The van der Waals surface area contributed by atoms with E-state index in [1.54, 1.807) is 0 Å². The van der Waals surface area contributed by atoms with Gasteiger partial charge in [0.2, 0.25) is 0 Å². The lowest BCUT2D eigenvalue weighted by Gasteiger charge is -2.17. The number of allylic oxidation sites excluding steroid dienone is 1. The van der Waals surface area contributed by atoms with Crippen LogP contribution in [0.1, 0.15) is 63.5 Å². The highest BCUT2D eigenvalue weighted by molar-refractivity contribution is 5.69. The molecule has 0 aliphatic heterocycles. The number of hydrogen-bond donors (Lipinski definition) is 0. The molecule has 0 saturated heterocycles. The van der Waals surface area contributed by atoms with Crippen molar-refractivity contribution in [2.24, 2.45) is 0 Å². The Hall–Kier alpha value is -2.36. The molecule has 0 fully saturated rings. The number of carbonyl (C=O) groups is 2. The van der Waals surface area contributed by atoms with Crippen LogP contribution in [-0.4, -0.2) is 19.0 Å². The molecule has 1 rings (SSSR count). The summed E-state index contributed by atoms with van der Waals surface area (Å²) in [7, 11) is 1.42. The van der Waals surface area contributed by atoms with E-state index in [9.17, 15) is 9.59 Å². The number of carbonyl (C=O) groups excluding carboxylic acids is 2. The van der Waals surface area contributed by atoms with E-state index in [4.69, 9.17) is 4.74 Å². The first-order valence-corrected chi connectivity index (χ1v) is 9.19. The zero-order chi connectivity index (χ0) is 19.2. The van der Waals surface area contributed by atoms with Crippen LogP contribution >= 0.6 is 0 Å². The van der Waals surface area contributed by atoms with E-state index < -0.39 is 6.10 Å². The molecule has 0 aliphatic rings. The van der Waals surface area contributed by atoms with Crippen LogP contribution in [0, 0.1) is 0 Å². The maximum absolute atomic E-state index is 11.4. The van der Waals surface area contributed by atoms with E-state index in [2.05, 4.69) is 17.4 Å². The molecule has 0 saturated carbocycles. The second kappa shape index (κ2) is 12.9. The van der Waals surface area contributed by atoms with Gasteiger partial charge in [-0.3, -0.25) is 9.59 Å². The summed E-state index contributed by atoms with van der Waals surface area (Å²) < 4.78 is 10.0. The van der Waals surface area contributed by atoms with Gasteiger partial charge in [-0.1, -0.05) is 68.3 Å². The lowest BCUT2D eigenvalue weighted by Crippen LogP contribution is -2.09. The molecule has 1 aromatic rings. The molecule has 26 heavy (non-hydrogen) atoms. The maximum atomic E-state index is 11.4.